The van der Waals surface area contributed by atoms with Crippen LogP contribution in [0.15, 0.2) is 23.4 Å². The molecule has 1 heterocycles. The van der Waals surface area contributed by atoms with Crippen molar-refractivity contribution in [3.05, 3.63) is 23.4 Å². The molecule has 0 atom stereocenters. The summed E-state index contributed by atoms with van der Waals surface area (Å²) in [4.78, 5) is 0. The lowest BCUT2D eigenvalue weighted by Crippen LogP contribution is -2.16. The third-order valence-corrected chi connectivity index (χ3v) is 1.34. The van der Waals surface area contributed by atoms with Gasteiger partial charge in [0.15, 0.2) is 0 Å². The molecule has 0 saturated carbocycles. The summed E-state index contributed by atoms with van der Waals surface area (Å²) in [6.07, 6.45) is 4.09. The highest BCUT2D eigenvalue weighted by molar-refractivity contribution is 5.27. The van der Waals surface area contributed by atoms with Gasteiger partial charge in [-0.05, 0) is 12.5 Å². The second-order valence-electron chi connectivity index (χ2n) is 2.29. The first-order valence-electron chi connectivity index (χ1n) is 4.12. The third-order valence-electron chi connectivity index (χ3n) is 1.34. The van der Waals surface area contributed by atoms with E-state index in [9.17, 15) is 0 Å². The van der Waals surface area contributed by atoms with Crippen LogP contribution in [0.2, 0.25) is 0 Å². The Balaban J connectivity index is 0.000000461. The summed E-state index contributed by atoms with van der Waals surface area (Å²) in [6.45, 7) is 7.68. The Morgan fingerprint density at radius 2 is 2.18 bits per heavy atom. The van der Waals surface area contributed by atoms with Gasteiger partial charge in [-0.25, -0.2) is 0 Å². The molecular formula is C9H18N2. The number of rotatable bonds is 1. The highest BCUT2D eigenvalue weighted by Crippen LogP contribution is 2.03. The molecule has 1 aliphatic heterocycles. The molecule has 0 aromatic heterocycles. The zero-order chi connectivity index (χ0) is 8.69. The summed E-state index contributed by atoms with van der Waals surface area (Å²) in [6, 6.07) is 0. The van der Waals surface area contributed by atoms with Crippen LogP contribution in [-0.4, -0.2) is 13.1 Å². The summed E-state index contributed by atoms with van der Waals surface area (Å²) in [5.74, 6) is 0. The molecular weight excluding hydrogens is 136 g/mol. The summed E-state index contributed by atoms with van der Waals surface area (Å²) in [5.41, 5.74) is 7.94. The fourth-order valence-electron chi connectivity index (χ4n) is 0.870. The van der Waals surface area contributed by atoms with Crippen molar-refractivity contribution in [3.63, 3.8) is 0 Å². The molecule has 1 rings (SSSR count). The van der Waals surface area contributed by atoms with Gasteiger partial charge in [-0.2, -0.15) is 0 Å². The highest BCUT2D eigenvalue weighted by Gasteiger charge is 1.96. The molecule has 1 aliphatic rings. The third kappa shape index (κ3) is 3.83. The van der Waals surface area contributed by atoms with Crippen LogP contribution in [0, 0.1) is 0 Å². The fraction of sp³-hybridized carbons (Fsp3) is 0.556. The van der Waals surface area contributed by atoms with Gasteiger partial charge >= 0.3 is 0 Å². The first-order chi connectivity index (χ1) is 5.33. The second-order valence-corrected chi connectivity index (χ2v) is 2.29. The molecule has 0 unspecified atom stereocenters. The van der Waals surface area contributed by atoms with E-state index in [4.69, 9.17) is 5.73 Å². The van der Waals surface area contributed by atoms with E-state index in [1.807, 2.05) is 20.0 Å². The largest absolute Gasteiger partial charge is 0.387 e. The van der Waals surface area contributed by atoms with Crippen molar-refractivity contribution in [1.29, 1.82) is 0 Å². The van der Waals surface area contributed by atoms with Gasteiger partial charge in [0.1, 0.15) is 0 Å². The predicted molar refractivity (Wildman–Crippen MR) is 50.2 cm³/mol. The maximum Gasteiger partial charge on any atom is 0.0355 e. The van der Waals surface area contributed by atoms with E-state index >= 15 is 0 Å². The molecule has 0 spiro atoms. The monoisotopic (exact) mass is 154 g/mol. The van der Waals surface area contributed by atoms with Crippen LogP contribution in [0.1, 0.15) is 20.8 Å². The Morgan fingerprint density at radius 1 is 1.55 bits per heavy atom. The van der Waals surface area contributed by atoms with Crippen molar-refractivity contribution in [2.45, 2.75) is 20.8 Å². The van der Waals surface area contributed by atoms with Crippen LogP contribution in [0.3, 0.4) is 0 Å². The predicted octanol–water partition coefficient (Wildman–Crippen LogP) is 1.40. The quantitative estimate of drug-likeness (QED) is 0.599. The highest BCUT2D eigenvalue weighted by atomic mass is 14.8. The van der Waals surface area contributed by atoms with Crippen molar-refractivity contribution in [1.82, 2.24) is 5.32 Å². The molecule has 2 nitrogen and oxygen atoms in total. The molecule has 0 aromatic carbocycles. The van der Waals surface area contributed by atoms with Crippen LogP contribution in [0.4, 0.5) is 0 Å². The van der Waals surface area contributed by atoms with Crippen molar-refractivity contribution in [3.8, 4) is 0 Å². The van der Waals surface area contributed by atoms with Crippen LogP contribution in [0.25, 0.3) is 0 Å². The van der Waals surface area contributed by atoms with E-state index in [-0.39, 0.29) is 0 Å². The number of hydrogen-bond acceptors (Lipinski definition) is 2. The van der Waals surface area contributed by atoms with Gasteiger partial charge in [-0.1, -0.05) is 25.5 Å². The topological polar surface area (TPSA) is 38.0 Å². The SMILES string of the molecule is CC.CC1=CC(CN)=CNC1. The van der Waals surface area contributed by atoms with Crippen molar-refractivity contribution >= 4 is 0 Å². The smallest absolute Gasteiger partial charge is 0.0355 e. The molecule has 64 valence electrons. The Bertz CT molecular complexity index is 157. The average molecular weight is 154 g/mol. The van der Waals surface area contributed by atoms with Crippen molar-refractivity contribution in [2.75, 3.05) is 13.1 Å². The van der Waals surface area contributed by atoms with Crippen LogP contribution in [-0.2, 0) is 0 Å². The van der Waals surface area contributed by atoms with Crippen LogP contribution < -0.4 is 11.1 Å². The van der Waals surface area contributed by atoms with Crippen molar-refractivity contribution in [2.24, 2.45) is 5.73 Å². The molecule has 3 N–H and O–H groups in total. The standard InChI is InChI=1S/C7H12N2.C2H6/c1-6-2-7(3-8)5-9-4-6;1-2/h2,5,9H,3-4,8H2,1H3;1-2H3. The van der Waals surface area contributed by atoms with E-state index in [1.54, 1.807) is 0 Å². The van der Waals surface area contributed by atoms with E-state index in [1.165, 1.54) is 11.1 Å². The fourth-order valence-corrected chi connectivity index (χ4v) is 0.870. The molecule has 0 fully saturated rings. The Morgan fingerprint density at radius 3 is 2.55 bits per heavy atom. The van der Waals surface area contributed by atoms with E-state index in [0.29, 0.717) is 6.54 Å². The van der Waals surface area contributed by atoms with Gasteiger partial charge in [-0.15, -0.1) is 0 Å². The summed E-state index contributed by atoms with van der Waals surface area (Å²) in [5, 5.41) is 3.13. The zero-order valence-electron chi connectivity index (χ0n) is 7.65. The van der Waals surface area contributed by atoms with Gasteiger partial charge < -0.3 is 11.1 Å². The minimum absolute atomic E-state index is 0.629. The zero-order valence-corrected chi connectivity index (χ0v) is 7.65. The van der Waals surface area contributed by atoms with E-state index in [0.717, 1.165) is 6.54 Å². The molecule has 0 radical (unpaired) electrons. The second kappa shape index (κ2) is 5.98. The number of dihydropyridines is 1. The Labute approximate surface area is 69.2 Å². The van der Waals surface area contributed by atoms with Gasteiger partial charge in [-0.3, -0.25) is 0 Å². The molecule has 0 bridgehead atoms. The maximum atomic E-state index is 5.41. The van der Waals surface area contributed by atoms with E-state index < -0.39 is 0 Å². The molecule has 2 heteroatoms. The van der Waals surface area contributed by atoms with Gasteiger partial charge in [0.2, 0.25) is 0 Å². The molecule has 0 amide bonds. The molecule has 11 heavy (non-hydrogen) atoms. The Kier molecular flexibility index (Phi) is 5.57. The molecule has 0 aromatic rings. The lowest BCUT2D eigenvalue weighted by atomic mass is 10.1. The van der Waals surface area contributed by atoms with Gasteiger partial charge in [0.25, 0.3) is 0 Å². The number of hydrogen-bond donors (Lipinski definition) is 2. The van der Waals surface area contributed by atoms with Crippen molar-refractivity contribution < 1.29 is 0 Å². The Hall–Kier alpha value is -0.760. The molecule has 0 saturated heterocycles. The first kappa shape index (κ1) is 10.2. The number of nitrogens with one attached hydrogen (secondary N) is 1. The van der Waals surface area contributed by atoms with Gasteiger partial charge in [0.05, 0.1) is 0 Å². The normalized spacial score (nSPS) is 15.3. The maximum absolute atomic E-state index is 5.41. The first-order valence-corrected chi connectivity index (χ1v) is 4.12. The molecule has 0 aliphatic carbocycles. The minimum Gasteiger partial charge on any atom is -0.387 e. The number of nitrogens with two attached hydrogens (primary N) is 1. The van der Waals surface area contributed by atoms with Crippen LogP contribution in [0.5, 0.6) is 0 Å². The lowest BCUT2D eigenvalue weighted by Gasteiger charge is -2.09. The minimum atomic E-state index is 0.629. The van der Waals surface area contributed by atoms with Crippen LogP contribution >= 0.6 is 0 Å². The average Bonchev–Trinajstić information content (AvgIpc) is 2.08. The van der Waals surface area contributed by atoms with Gasteiger partial charge in [0, 0.05) is 19.3 Å². The summed E-state index contributed by atoms with van der Waals surface area (Å²) < 4.78 is 0. The lowest BCUT2D eigenvalue weighted by molar-refractivity contribution is 0.894. The summed E-state index contributed by atoms with van der Waals surface area (Å²) in [7, 11) is 0. The van der Waals surface area contributed by atoms with E-state index in [2.05, 4.69) is 18.3 Å². The summed E-state index contributed by atoms with van der Waals surface area (Å²) >= 11 is 0.